The third kappa shape index (κ3) is 5.00. The molecule has 6 rings (SSSR count). The number of ether oxygens (including phenoxy) is 2. The van der Waals surface area contributed by atoms with Gasteiger partial charge in [-0.3, -0.25) is 0 Å². The molecule has 2 atom stereocenters. The van der Waals surface area contributed by atoms with Crippen LogP contribution in [0.15, 0.2) is 90.6 Å². The number of hydrogen-bond acceptors (Lipinski definition) is 4. The SMILES string of the molecule is COC(=O)C1=C(c2ccc(OCc3ccccc3)cc2)C[C@@H]2CC[C@H]1N2C(=O)NCc1ccc2[nH]ccc2c1. The number of benzene rings is 3. The van der Waals surface area contributed by atoms with Gasteiger partial charge in [0.25, 0.3) is 0 Å². The van der Waals surface area contributed by atoms with Crippen LogP contribution < -0.4 is 10.1 Å². The highest BCUT2D eigenvalue weighted by molar-refractivity contribution is 6.01. The van der Waals surface area contributed by atoms with Gasteiger partial charge in [0.05, 0.1) is 18.7 Å². The molecule has 2 aliphatic heterocycles. The topological polar surface area (TPSA) is 83.7 Å². The first-order valence-electron chi connectivity index (χ1n) is 13.3. The average molecular weight is 522 g/mol. The molecule has 7 nitrogen and oxygen atoms in total. The Kier molecular flexibility index (Phi) is 6.80. The van der Waals surface area contributed by atoms with Crippen molar-refractivity contribution in [2.75, 3.05) is 7.11 Å². The lowest BCUT2D eigenvalue weighted by molar-refractivity contribution is -0.136. The molecule has 3 heterocycles. The number of amides is 2. The maximum atomic E-state index is 13.4. The molecule has 0 unspecified atom stereocenters. The number of H-pyrrole nitrogens is 1. The van der Waals surface area contributed by atoms with Gasteiger partial charge in [0.1, 0.15) is 12.4 Å². The van der Waals surface area contributed by atoms with Crippen LogP contribution in [0.3, 0.4) is 0 Å². The van der Waals surface area contributed by atoms with Gasteiger partial charge in [0.15, 0.2) is 0 Å². The molecule has 198 valence electrons. The van der Waals surface area contributed by atoms with Gasteiger partial charge in [-0.2, -0.15) is 0 Å². The summed E-state index contributed by atoms with van der Waals surface area (Å²) in [6.45, 7) is 0.911. The van der Waals surface area contributed by atoms with Crippen LogP contribution in [0.1, 0.15) is 36.0 Å². The van der Waals surface area contributed by atoms with E-state index < -0.39 is 0 Å². The van der Waals surface area contributed by atoms with Crippen molar-refractivity contribution in [3.63, 3.8) is 0 Å². The second-order valence-electron chi connectivity index (χ2n) is 10.1. The number of urea groups is 1. The molecule has 2 N–H and O–H groups in total. The molecule has 2 bridgehead atoms. The fourth-order valence-electron chi connectivity index (χ4n) is 5.84. The quantitative estimate of drug-likeness (QED) is 0.300. The summed E-state index contributed by atoms with van der Waals surface area (Å²) in [7, 11) is 1.40. The van der Waals surface area contributed by atoms with Crippen molar-refractivity contribution in [2.45, 2.75) is 44.5 Å². The van der Waals surface area contributed by atoms with E-state index in [4.69, 9.17) is 9.47 Å². The summed E-state index contributed by atoms with van der Waals surface area (Å²) in [6, 6.07) is 25.6. The molecule has 3 aromatic carbocycles. The zero-order valence-electron chi connectivity index (χ0n) is 21.9. The second kappa shape index (κ2) is 10.7. The number of aromatic amines is 1. The molecular weight excluding hydrogens is 490 g/mol. The van der Waals surface area contributed by atoms with E-state index in [1.165, 1.54) is 7.11 Å². The Balaban J connectivity index is 1.19. The molecule has 4 aromatic rings. The Morgan fingerprint density at radius 2 is 1.79 bits per heavy atom. The number of carbonyl (C=O) groups is 2. The summed E-state index contributed by atoms with van der Waals surface area (Å²) in [4.78, 5) is 31.5. The molecule has 0 radical (unpaired) electrons. The zero-order chi connectivity index (χ0) is 26.8. The molecule has 0 saturated carbocycles. The zero-order valence-corrected chi connectivity index (χ0v) is 21.9. The number of methoxy groups -OCH3 is 1. The number of fused-ring (bicyclic) bond motifs is 3. The Bertz CT molecular complexity index is 1520. The van der Waals surface area contributed by atoms with Crippen molar-refractivity contribution in [3.05, 3.63) is 107 Å². The van der Waals surface area contributed by atoms with E-state index in [2.05, 4.69) is 16.4 Å². The molecule has 1 saturated heterocycles. The largest absolute Gasteiger partial charge is 0.489 e. The summed E-state index contributed by atoms with van der Waals surface area (Å²) < 4.78 is 11.2. The maximum Gasteiger partial charge on any atom is 0.336 e. The number of esters is 1. The van der Waals surface area contributed by atoms with Crippen LogP contribution in [0.2, 0.25) is 0 Å². The van der Waals surface area contributed by atoms with E-state index in [9.17, 15) is 9.59 Å². The summed E-state index contributed by atoms with van der Waals surface area (Å²) in [5.41, 5.74) is 5.68. The molecule has 1 fully saturated rings. The first-order chi connectivity index (χ1) is 19.1. The molecule has 2 aliphatic rings. The number of carbonyl (C=O) groups excluding carboxylic acids is 2. The summed E-state index contributed by atoms with van der Waals surface area (Å²) in [5.74, 6) is 0.385. The first kappa shape index (κ1) is 24.8. The van der Waals surface area contributed by atoms with Gasteiger partial charge in [-0.1, -0.05) is 48.5 Å². The van der Waals surface area contributed by atoms with Crippen molar-refractivity contribution in [1.82, 2.24) is 15.2 Å². The van der Waals surface area contributed by atoms with Crippen molar-refractivity contribution < 1.29 is 19.1 Å². The van der Waals surface area contributed by atoms with E-state index in [1.807, 2.05) is 83.9 Å². The van der Waals surface area contributed by atoms with Gasteiger partial charge in [0, 0.05) is 24.3 Å². The highest BCUT2D eigenvalue weighted by Gasteiger charge is 2.46. The number of hydrogen-bond donors (Lipinski definition) is 2. The minimum Gasteiger partial charge on any atom is -0.489 e. The van der Waals surface area contributed by atoms with Crippen molar-refractivity contribution in [3.8, 4) is 5.75 Å². The monoisotopic (exact) mass is 521 g/mol. The Morgan fingerprint density at radius 3 is 2.59 bits per heavy atom. The van der Waals surface area contributed by atoms with Crippen molar-refractivity contribution in [1.29, 1.82) is 0 Å². The van der Waals surface area contributed by atoms with Crippen LogP contribution in [0.25, 0.3) is 16.5 Å². The van der Waals surface area contributed by atoms with E-state index in [-0.39, 0.29) is 24.1 Å². The van der Waals surface area contributed by atoms with E-state index in [0.29, 0.717) is 25.1 Å². The number of rotatable bonds is 7. The van der Waals surface area contributed by atoms with Gasteiger partial charge in [-0.05, 0) is 77.2 Å². The highest BCUT2D eigenvalue weighted by atomic mass is 16.5. The summed E-state index contributed by atoms with van der Waals surface area (Å²) in [6.07, 6.45) is 4.09. The standard InChI is InChI=1S/C32H31N3O4/c1-38-31(36)30-27(23-8-11-26(12-9-23)39-20-21-5-3-2-4-6-21)18-25-10-14-29(30)35(25)32(37)34-19-22-7-13-28-24(17-22)15-16-33-28/h2-9,11-13,15-17,25,29,33H,10,14,18-20H2,1H3,(H,34,37)/t25-,29+/m0/s1. The predicted molar refractivity (Wildman–Crippen MR) is 150 cm³/mol. The van der Waals surface area contributed by atoms with Gasteiger partial charge in [0.2, 0.25) is 0 Å². The fourth-order valence-corrected chi connectivity index (χ4v) is 5.84. The van der Waals surface area contributed by atoms with Crippen LogP contribution in [0.5, 0.6) is 5.75 Å². The number of aromatic nitrogens is 1. The van der Waals surface area contributed by atoms with E-state index in [1.54, 1.807) is 0 Å². The average Bonchev–Trinajstić information content (AvgIpc) is 3.57. The van der Waals surface area contributed by atoms with Gasteiger partial charge >= 0.3 is 12.0 Å². The maximum absolute atomic E-state index is 13.4. The minimum absolute atomic E-state index is 0.0274. The predicted octanol–water partition coefficient (Wildman–Crippen LogP) is 5.82. The lowest BCUT2D eigenvalue weighted by Crippen LogP contribution is -2.50. The third-order valence-electron chi connectivity index (χ3n) is 7.75. The lowest BCUT2D eigenvalue weighted by atomic mass is 9.88. The molecule has 7 heteroatoms. The van der Waals surface area contributed by atoms with Crippen LogP contribution >= 0.6 is 0 Å². The van der Waals surface area contributed by atoms with Gasteiger partial charge < -0.3 is 24.7 Å². The third-order valence-corrected chi connectivity index (χ3v) is 7.75. The number of nitrogens with one attached hydrogen (secondary N) is 2. The van der Waals surface area contributed by atoms with Gasteiger partial charge in [-0.15, -0.1) is 0 Å². The molecule has 39 heavy (non-hydrogen) atoms. The Morgan fingerprint density at radius 1 is 0.974 bits per heavy atom. The fraction of sp³-hybridized carbons (Fsp3) is 0.250. The molecule has 1 aromatic heterocycles. The molecular formula is C32H31N3O4. The summed E-state index contributed by atoms with van der Waals surface area (Å²) >= 11 is 0. The van der Waals surface area contributed by atoms with E-state index in [0.717, 1.165) is 51.8 Å². The summed E-state index contributed by atoms with van der Waals surface area (Å²) in [5, 5.41) is 4.19. The Hall–Kier alpha value is -4.52. The smallest absolute Gasteiger partial charge is 0.336 e. The van der Waals surface area contributed by atoms with Crippen LogP contribution in [0, 0.1) is 0 Å². The highest BCUT2D eigenvalue weighted by Crippen LogP contribution is 2.43. The lowest BCUT2D eigenvalue weighted by Gasteiger charge is -2.37. The van der Waals surface area contributed by atoms with Crippen molar-refractivity contribution in [2.24, 2.45) is 0 Å². The second-order valence-corrected chi connectivity index (χ2v) is 10.1. The Labute approximate surface area is 227 Å². The van der Waals surface area contributed by atoms with E-state index >= 15 is 0 Å². The number of nitrogens with zero attached hydrogens (tertiary/aromatic N) is 1. The minimum atomic E-state index is -0.379. The van der Waals surface area contributed by atoms with Crippen LogP contribution in [0.4, 0.5) is 4.79 Å². The van der Waals surface area contributed by atoms with Gasteiger partial charge in [-0.25, -0.2) is 9.59 Å². The normalized spacial score (nSPS) is 18.3. The van der Waals surface area contributed by atoms with Crippen molar-refractivity contribution >= 4 is 28.5 Å². The molecule has 0 spiro atoms. The molecule has 0 aliphatic carbocycles. The van der Waals surface area contributed by atoms with Crippen LogP contribution in [-0.2, 0) is 22.7 Å². The molecule has 2 amide bonds. The first-order valence-corrected chi connectivity index (χ1v) is 13.3. The van der Waals surface area contributed by atoms with Crippen LogP contribution in [-0.4, -0.2) is 41.1 Å².